The maximum Gasteiger partial charge on any atom is 0.236 e. The topological polar surface area (TPSA) is 164 Å². The van der Waals surface area contributed by atoms with Gasteiger partial charge in [-0.2, -0.15) is 5.26 Å². The Morgan fingerprint density at radius 1 is 1.26 bits per heavy atom. The van der Waals surface area contributed by atoms with Crippen molar-refractivity contribution in [3.05, 3.63) is 70.0 Å². The Hall–Kier alpha value is -3.59. The van der Waals surface area contributed by atoms with Gasteiger partial charge in [-0.3, -0.25) is 10.1 Å². The summed E-state index contributed by atoms with van der Waals surface area (Å²) in [6.45, 7) is 0.216. The number of nitrogen functional groups attached to an aromatic ring is 1. The van der Waals surface area contributed by atoms with Gasteiger partial charge in [0.25, 0.3) is 0 Å². The molecule has 3 aromatic rings. The summed E-state index contributed by atoms with van der Waals surface area (Å²) in [4.78, 5) is 7.93. The van der Waals surface area contributed by atoms with Crippen LogP contribution in [0.2, 0.25) is 5.02 Å². The minimum Gasteiger partial charge on any atom is -0.489 e. The summed E-state index contributed by atoms with van der Waals surface area (Å²) in [5.41, 5.74) is 7.91. The van der Waals surface area contributed by atoms with Crippen LogP contribution in [0.3, 0.4) is 0 Å². The maximum absolute atomic E-state index is 11.3. The second-order valence-electron chi connectivity index (χ2n) is 7.14. The van der Waals surface area contributed by atoms with E-state index in [0.29, 0.717) is 22.6 Å². The Kier molecular flexibility index (Phi) is 8.34. The number of ether oxygens (including phenoxy) is 2. The molecular formula is C22H20Cl2N6O4S. The standard InChI is InChI=1S/C22H20Cl2N6O4S/c1-35(31,32)30-22-28-6-4-15(29-22)12-34-16-2-3-17(19(26)10-16)20(27)13-8-14(11-25)21(18(24)9-13)33-7-5-23/h2-4,6,8-10,27H,5,7,12,26H2,1H3,(H,28,29,30). The number of hydrogen-bond acceptors (Lipinski definition) is 9. The molecule has 0 saturated carbocycles. The summed E-state index contributed by atoms with van der Waals surface area (Å²) >= 11 is 11.9. The molecule has 0 aliphatic heterocycles. The summed E-state index contributed by atoms with van der Waals surface area (Å²) < 4.78 is 36.0. The third kappa shape index (κ3) is 6.95. The van der Waals surface area contributed by atoms with Crippen LogP contribution < -0.4 is 19.9 Å². The van der Waals surface area contributed by atoms with Gasteiger partial charge in [-0.25, -0.2) is 18.4 Å². The molecule has 0 aliphatic carbocycles. The number of nitriles is 1. The Labute approximate surface area is 212 Å². The SMILES string of the molecule is CS(=O)(=O)Nc1nccc(COc2ccc(C(=N)c3cc(Cl)c(OCCCl)c(C#N)c3)c(N)c2)n1. The van der Waals surface area contributed by atoms with Crippen LogP contribution in [-0.4, -0.2) is 42.8 Å². The van der Waals surface area contributed by atoms with Crippen molar-refractivity contribution in [2.24, 2.45) is 0 Å². The number of benzene rings is 2. The second-order valence-corrected chi connectivity index (χ2v) is 9.68. The fourth-order valence-electron chi connectivity index (χ4n) is 2.97. The Balaban J connectivity index is 1.76. The molecule has 0 radical (unpaired) electrons. The monoisotopic (exact) mass is 534 g/mol. The van der Waals surface area contributed by atoms with Crippen LogP contribution in [0.1, 0.15) is 22.4 Å². The smallest absolute Gasteiger partial charge is 0.236 e. The number of alkyl halides is 1. The van der Waals surface area contributed by atoms with E-state index in [4.69, 9.17) is 43.8 Å². The summed E-state index contributed by atoms with van der Waals surface area (Å²) in [6, 6.07) is 11.4. The van der Waals surface area contributed by atoms with Crippen molar-refractivity contribution >= 4 is 50.6 Å². The Morgan fingerprint density at radius 2 is 2.03 bits per heavy atom. The highest BCUT2D eigenvalue weighted by atomic mass is 35.5. The lowest BCUT2D eigenvalue weighted by molar-refractivity contribution is 0.301. The Morgan fingerprint density at radius 3 is 2.69 bits per heavy atom. The van der Waals surface area contributed by atoms with Crippen LogP contribution in [0.5, 0.6) is 11.5 Å². The zero-order valence-electron chi connectivity index (χ0n) is 18.4. The third-order valence-corrected chi connectivity index (χ3v) is 5.43. The van der Waals surface area contributed by atoms with E-state index in [0.717, 1.165) is 6.26 Å². The number of sulfonamides is 1. The number of aromatic nitrogens is 2. The van der Waals surface area contributed by atoms with E-state index in [-0.39, 0.29) is 52.8 Å². The quantitative estimate of drug-likeness (QED) is 0.201. The molecule has 0 aliphatic rings. The highest BCUT2D eigenvalue weighted by Gasteiger charge is 2.16. The van der Waals surface area contributed by atoms with Crippen LogP contribution in [-0.2, 0) is 16.6 Å². The first kappa shape index (κ1) is 26.0. The average molecular weight is 535 g/mol. The highest BCUT2D eigenvalue weighted by molar-refractivity contribution is 7.91. The molecule has 35 heavy (non-hydrogen) atoms. The number of rotatable bonds is 10. The predicted molar refractivity (Wildman–Crippen MR) is 134 cm³/mol. The van der Waals surface area contributed by atoms with Gasteiger partial charge in [-0.05, 0) is 30.3 Å². The normalized spacial score (nSPS) is 10.9. The number of anilines is 2. The predicted octanol–water partition coefficient (Wildman–Crippen LogP) is 3.57. The summed E-state index contributed by atoms with van der Waals surface area (Å²) in [5.74, 6) is 0.796. The Bertz CT molecular complexity index is 1410. The average Bonchev–Trinajstić information content (AvgIpc) is 2.80. The number of hydrogen-bond donors (Lipinski definition) is 3. The largest absolute Gasteiger partial charge is 0.489 e. The van der Waals surface area contributed by atoms with E-state index in [1.807, 2.05) is 6.07 Å². The van der Waals surface area contributed by atoms with E-state index < -0.39 is 10.0 Å². The molecule has 0 unspecified atom stereocenters. The lowest BCUT2D eigenvalue weighted by Crippen LogP contribution is -2.13. The first-order valence-corrected chi connectivity index (χ1v) is 12.8. The van der Waals surface area contributed by atoms with E-state index in [1.165, 1.54) is 18.3 Å². The van der Waals surface area contributed by atoms with Crippen LogP contribution >= 0.6 is 23.2 Å². The van der Waals surface area contributed by atoms with E-state index in [9.17, 15) is 13.7 Å². The highest BCUT2D eigenvalue weighted by Crippen LogP contribution is 2.32. The first-order chi connectivity index (χ1) is 16.6. The van der Waals surface area contributed by atoms with Crippen molar-refractivity contribution in [1.82, 2.24) is 9.97 Å². The molecule has 0 amide bonds. The van der Waals surface area contributed by atoms with Crippen molar-refractivity contribution in [3.8, 4) is 17.6 Å². The molecule has 13 heteroatoms. The van der Waals surface area contributed by atoms with Gasteiger partial charge < -0.3 is 15.2 Å². The fraction of sp³-hybridized carbons (Fsp3) is 0.182. The van der Waals surface area contributed by atoms with Gasteiger partial charge in [-0.15, -0.1) is 11.6 Å². The van der Waals surface area contributed by atoms with Gasteiger partial charge in [0.15, 0.2) is 5.75 Å². The van der Waals surface area contributed by atoms with Gasteiger partial charge in [0.05, 0.1) is 34.1 Å². The number of halogens is 2. The lowest BCUT2D eigenvalue weighted by Gasteiger charge is -2.14. The minimum atomic E-state index is -3.51. The van der Waals surface area contributed by atoms with Crippen LogP contribution in [0.25, 0.3) is 0 Å². The molecule has 0 atom stereocenters. The lowest BCUT2D eigenvalue weighted by atomic mass is 9.99. The van der Waals surface area contributed by atoms with Gasteiger partial charge in [0, 0.05) is 29.1 Å². The van der Waals surface area contributed by atoms with E-state index in [1.54, 1.807) is 24.3 Å². The molecule has 0 bridgehead atoms. The maximum atomic E-state index is 11.3. The van der Waals surface area contributed by atoms with E-state index in [2.05, 4.69) is 14.7 Å². The van der Waals surface area contributed by atoms with Gasteiger partial charge in [0.2, 0.25) is 16.0 Å². The fourth-order valence-corrected chi connectivity index (χ4v) is 3.75. The molecule has 0 spiro atoms. The number of nitrogens with two attached hydrogens (primary N) is 1. The van der Waals surface area contributed by atoms with Crippen LogP contribution in [0.4, 0.5) is 11.6 Å². The summed E-state index contributed by atoms with van der Waals surface area (Å²) in [6.07, 6.45) is 2.41. The second kappa shape index (κ2) is 11.2. The molecule has 1 heterocycles. The molecular weight excluding hydrogens is 515 g/mol. The molecule has 1 aromatic heterocycles. The van der Waals surface area contributed by atoms with Crippen molar-refractivity contribution in [2.75, 3.05) is 29.2 Å². The molecule has 4 N–H and O–H groups in total. The third-order valence-electron chi connectivity index (χ3n) is 4.45. The summed E-state index contributed by atoms with van der Waals surface area (Å²) in [7, 11) is -3.51. The summed E-state index contributed by atoms with van der Waals surface area (Å²) in [5, 5.41) is 18.2. The van der Waals surface area contributed by atoms with Gasteiger partial charge in [-0.1, -0.05) is 11.6 Å². The molecule has 2 aromatic carbocycles. The molecule has 3 rings (SSSR count). The van der Waals surface area contributed by atoms with Gasteiger partial charge in [0.1, 0.15) is 25.0 Å². The molecule has 0 fully saturated rings. The van der Waals surface area contributed by atoms with Crippen molar-refractivity contribution in [3.63, 3.8) is 0 Å². The van der Waals surface area contributed by atoms with Crippen LogP contribution in [0, 0.1) is 16.7 Å². The minimum absolute atomic E-state index is 0.0299. The van der Waals surface area contributed by atoms with Crippen molar-refractivity contribution in [2.45, 2.75) is 6.61 Å². The van der Waals surface area contributed by atoms with E-state index >= 15 is 0 Å². The molecule has 10 nitrogen and oxygen atoms in total. The first-order valence-electron chi connectivity index (χ1n) is 9.95. The number of nitrogens with one attached hydrogen (secondary N) is 2. The zero-order valence-corrected chi connectivity index (χ0v) is 20.7. The zero-order chi connectivity index (χ0) is 25.6. The molecule has 0 saturated heterocycles. The number of nitrogens with zero attached hydrogens (tertiary/aromatic N) is 3. The van der Waals surface area contributed by atoms with Crippen molar-refractivity contribution < 1.29 is 17.9 Å². The van der Waals surface area contributed by atoms with Crippen LogP contribution in [0.15, 0.2) is 42.6 Å². The van der Waals surface area contributed by atoms with Crippen molar-refractivity contribution in [1.29, 1.82) is 10.7 Å². The molecule has 182 valence electrons. The van der Waals surface area contributed by atoms with Gasteiger partial charge >= 0.3 is 0 Å².